The first-order valence-electron chi connectivity index (χ1n) is 4.09. The number of aliphatic imine (C=N–C) groups is 1. The minimum absolute atomic E-state index is 0. The quantitative estimate of drug-likeness (QED) is 0.368. The van der Waals surface area contributed by atoms with Crippen LogP contribution in [0.2, 0.25) is 0 Å². The smallest absolute Gasteiger partial charge is 0.327 e. The predicted octanol–water partition coefficient (Wildman–Crippen LogP) is -1.70. The number of hydrazone groups is 1. The molecule has 0 atom stereocenters. The molecule has 2 aliphatic heterocycles. The zero-order valence-corrected chi connectivity index (χ0v) is 11.5. The third-order valence-corrected chi connectivity index (χ3v) is 1.35. The standard InChI is InChI=1S/C7H6N3.C2H6.K/c1-2-6-3-5-9-10-7(6)8-4-1;1-2;/h1-2,5H,4H2,(H,8,10);1-2H3;/q-1;;+1. The normalized spacial score (nSPS) is 16.5. The molecule has 2 rings (SSSR count). The SMILES string of the molecule is CC.[C-]1=C2C=CCN=C2NN=C1.[K+]. The van der Waals surface area contributed by atoms with Crippen molar-refractivity contribution < 1.29 is 51.4 Å². The molecule has 0 radical (unpaired) electrons. The molecule has 0 aromatic rings. The number of rotatable bonds is 0. The molecule has 0 aliphatic carbocycles. The van der Waals surface area contributed by atoms with E-state index >= 15 is 0 Å². The van der Waals surface area contributed by atoms with E-state index in [1.54, 1.807) is 6.21 Å². The molecule has 4 heteroatoms. The van der Waals surface area contributed by atoms with Crippen LogP contribution in [0.1, 0.15) is 13.8 Å². The fourth-order valence-electron chi connectivity index (χ4n) is 0.886. The van der Waals surface area contributed by atoms with Crippen molar-refractivity contribution in [3.8, 4) is 0 Å². The first-order valence-corrected chi connectivity index (χ1v) is 4.09. The van der Waals surface area contributed by atoms with Crippen molar-refractivity contribution in [2.45, 2.75) is 13.8 Å². The second kappa shape index (κ2) is 7.64. The minimum atomic E-state index is 0. The van der Waals surface area contributed by atoms with E-state index in [0.29, 0.717) is 0 Å². The number of fused-ring (bicyclic) bond motifs is 1. The monoisotopic (exact) mass is 201 g/mol. The van der Waals surface area contributed by atoms with Gasteiger partial charge < -0.3 is 10.4 Å². The molecule has 0 unspecified atom stereocenters. The van der Waals surface area contributed by atoms with Crippen LogP contribution < -0.4 is 56.8 Å². The number of nitrogens with one attached hydrogen (secondary N) is 1. The Kier molecular flexibility index (Phi) is 7.79. The van der Waals surface area contributed by atoms with E-state index in [-0.39, 0.29) is 51.4 Å². The van der Waals surface area contributed by atoms with E-state index in [4.69, 9.17) is 0 Å². The largest absolute Gasteiger partial charge is 1.00 e. The third kappa shape index (κ3) is 3.87. The van der Waals surface area contributed by atoms with Crippen LogP contribution in [0, 0.1) is 6.08 Å². The summed E-state index contributed by atoms with van der Waals surface area (Å²) in [6.45, 7) is 4.74. The number of allylic oxidation sites excluding steroid dienone is 1. The van der Waals surface area contributed by atoms with Gasteiger partial charge in [0.25, 0.3) is 0 Å². The van der Waals surface area contributed by atoms with Crippen LogP contribution in [0.3, 0.4) is 0 Å². The van der Waals surface area contributed by atoms with Crippen molar-refractivity contribution in [2.75, 3.05) is 6.54 Å². The summed E-state index contributed by atoms with van der Waals surface area (Å²) in [5.74, 6) is 0.824. The van der Waals surface area contributed by atoms with Crippen molar-refractivity contribution in [1.82, 2.24) is 5.43 Å². The molecule has 3 nitrogen and oxygen atoms in total. The molecular weight excluding hydrogens is 189 g/mol. The molecule has 0 fully saturated rings. The fraction of sp³-hybridized carbons (Fsp3) is 0.333. The molecule has 0 bridgehead atoms. The van der Waals surface area contributed by atoms with Gasteiger partial charge in [-0.25, -0.2) is 5.10 Å². The number of nitrogens with zero attached hydrogens (tertiary/aromatic N) is 2. The van der Waals surface area contributed by atoms with E-state index in [1.165, 1.54) is 0 Å². The van der Waals surface area contributed by atoms with Crippen LogP contribution >= 0.6 is 0 Å². The average molecular weight is 201 g/mol. The average Bonchev–Trinajstić information content (AvgIpc) is 2.21. The van der Waals surface area contributed by atoms with Gasteiger partial charge in [0.2, 0.25) is 0 Å². The second-order valence-electron chi connectivity index (χ2n) is 2.02. The zero-order chi connectivity index (χ0) is 8.81. The Bertz CT molecular complexity index is 264. The van der Waals surface area contributed by atoms with Crippen molar-refractivity contribution >= 4 is 12.1 Å². The van der Waals surface area contributed by atoms with Gasteiger partial charge in [-0.2, -0.15) is 12.2 Å². The molecule has 0 saturated carbocycles. The van der Waals surface area contributed by atoms with Gasteiger partial charge in [-0.3, -0.25) is 0 Å². The second-order valence-corrected chi connectivity index (χ2v) is 2.02. The van der Waals surface area contributed by atoms with Gasteiger partial charge in [-0.15, -0.1) is 11.6 Å². The summed E-state index contributed by atoms with van der Waals surface area (Å²) in [6, 6.07) is 0. The molecule has 0 aromatic carbocycles. The summed E-state index contributed by atoms with van der Waals surface area (Å²) in [6.07, 6.45) is 8.55. The summed E-state index contributed by atoms with van der Waals surface area (Å²) in [4.78, 5) is 4.16. The topological polar surface area (TPSA) is 36.8 Å². The van der Waals surface area contributed by atoms with Gasteiger partial charge in [0.15, 0.2) is 0 Å². The minimum Gasteiger partial charge on any atom is -0.327 e. The van der Waals surface area contributed by atoms with Gasteiger partial charge in [0.1, 0.15) is 0 Å². The Morgan fingerprint density at radius 2 is 2.23 bits per heavy atom. The van der Waals surface area contributed by atoms with E-state index < -0.39 is 0 Å². The summed E-state index contributed by atoms with van der Waals surface area (Å²) in [7, 11) is 0. The molecule has 64 valence electrons. The van der Waals surface area contributed by atoms with E-state index in [1.807, 2.05) is 26.0 Å². The summed E-state index contributed by atoms with van der Waals surface area (Å²) < 4.78 is 0. The first kappa shape index (κ1) is 13.3. The molecule has 0 spiro atoms. The number of dihydropyridines is 1. The summed E-state index contributed by atoms with van der Waals surface area (Å²) in [5.41, 5.74) is 3.78. The van der Waals surface area contributed by atoms with Gasteiger partial charge in [-0.1, -0.05) is 13.8 Å². The van der Waals surface area contributed by atoms with Crippen LogP contribution in [-0.2, 0) is 0 Å². The van der Waals surface area contributed by atoms with Crippen LogP contribution in [0.15, 0.2) is 27.8 Å². The van der Waals surface area contributed by atoms with Crippen LogP contribution in [0.5, 0.6) is 0 Å². The molecule has 13 heavy (non-hydrogen) atoms. The molecular formula is C9H12KN3. The van der Waals surface area contributed by atoms with Crippen molar-refractivity contribution in [1.29, 1.82) is 0 Å². The molecule has 0 saturated heterocycles. The van der Waals surface area contributed by atoms with Crippen molar-refractivity contribution in [2.24, 2.45) is 10.1 Å². The summed E-state index contributed by atoms with van der Waals surface area (Å²) in [5, 5.41) is 3.79. The maximum Gasteiger partial charge on any atom is 1.00 e. The molecule has 1 N–H and O–H groups in total. The molecule has 2 aliphatic rings. The van der Waals surface area contributed by atoms with Crippen LogP contribution in [0.25, 0.3) is 0 Å². The Balaban J connectivity index is 0.000000451. The van der Waals surface area contributed by atoms with Gasteiger partial charge >= 0.3 is 51.4 Å². The maximum atomic E-state index is 4.16. The van der Waals surface area contributed by atoms with Crippen molar-refractivity contribution in [3.05, 3.63) is 23.8 Å². The van der Waals surface area contributed by atoms with Gasteiger partial charge in [0.05, 0.1) is 0 Å². The Morgan fingerprint density at radius 3 is 2.92 bits per heavy atom. The summed E-state index contributed by atoms with van der Waals surface area (Å²) >= 11 is 0. The Hall–Kier alpha value is 0.256. The van der Waals surface area contributed by atoms with Gasteiger partial charge in [-0.05, 0) is 6.21 Å². The molecule has 2 heterocycles. The Labute approximate surface area is 122 Å². The van der Waals surface area contributed by atoms with Crippen LogP contribution in [-0.4, -0.2) is 18.6 Å². The number of hydrogen-bond acceptors (Lipinski definition) is 3. The number of amidine groups is 1. The van der Waals surface area contributed by atoms with Gasteiger partial charge in [0, 0.05) is 12.4 Å². The maximum absolute atomic E-state index is 4.16. The van der Waals surface area contributed by atoms with Crippen LogP contribution in [0.4, 0.5) is 0 Å². The van der Waals surface area contributed by atoms with E-state index in [9.17, 15) is 0 Å². The fourth-order valence-corrected chi connectivity index (χ4v) is 0.886. The third-order valence-electron chi connectivity index (χ3n) is 1.35. The van der Waals surface area contributed by atoms with E-state index in [0.717, 1.165) is 18.0 Å². The first-order chi connectivity index (χ1) is 5.97. The molecule has 0 aromatic heterocycles. The Morgan fingerprint density at radius 1 is 1.46 bits per heavy atom. The molecule has 0 amide bonds. The van der Waals surface area contributed by atoms with Crippen molar-refractivity contribution in [3.63, 3.8) is 0 Å². The van der Waals surface area contributed by atoms with E-state index in [2.05, 4.69) is 21.6 Å². The zero-order valence-electron chi connectivity index (χ0n) is 8.33. The predicted molar refractivity (Wildman–Crippen MR) is 51.2 cm³/mol. The number of hydrogen-bond donors (Lipinski definition) is 1.